The second kappa shape index (κ2) is 11.5. The van der Waals surface area contributed by atoms with Gasteiger partial charge in [0, 0.05) is 6.21 Å². The van der Waals surface area contributed by atoms with E-state index >= 15 is 0 Å². The monoisotopic (exact) mass is 216 g/mol. The molecule has 1 unspecified atom stereocenters. The molecular formula is C11H24N2O2. The quantitative estimate of drug-likeness (QED) is 0.347. The maximum absolute atomic E-state index is 5.13. The Morgan fingerprint density at radius 2 is 2.07 bits per heavy atom. The summed E-state index contributed by atoms with van der Waals surface area (Å²) >= 11 is 0. The molecule has 4 nitrogen and oxygen atoms in total. The van der Waals surface area contributed by atoms with Gasteiger partial charge in [-0.25, -0.2) is 5.90 Å². The van der Waals surface area contributed by atoms with E-state index in [1.807, 2.05) is 6.21 Å². The van der Waals surface area contributed by atoms with Gasteiger partial charge in [-0.15, -0.1) is 0 Å². The molecule has 0 fully saturated rings. The number of nitrogens with two attached hydrogens (primary N) is 1. The van der Waals surface area contributed by atoms with Crippen molar-refractivity contribution in [2.24, 2.45) is 17.0 Å². The van der Waals surface area contributed by atoms with Crippen LogP contribution in [0.25, 0.3) is 0 Å². The van der Waals surface area contributed by atoms with E-state index in [2.05, 4.69) is 23.8 Å². The highest BCUT2D eigenvalue weighted by Gasteiger charge is 2.01. The molecule has 0 aliphatic heterocycles. The zero-order chi connectivity index (χ0) is 11.4. The average Bonchev–Trinajstić information content (AvgIpc) is 2.25. The molecule has 0 saturated heterocycles. The molecule has 0 amide bonds. The molecule has 0 aromatic rings. The maximum atomic E-state index is 5.13. The minimum atomic E-state index is 0.569. The lowest BCUT2D eigenvalue weighted by Crippen LogP contribution is -2.07. The van der Waals surface area contributed by atoms with Gasteiger partial charge in [0.25, 0.3) is 0 Å². The van der Waals surface area contributed by atoms with Gasteiger partial charge in [0.05, 0.1) is 6.61 Å². The van der Waals surface area contributed by atoms with Crippen LogP contribution in [0.2, 0.25) is 0 Å². The average molecular weight is 216 g/mol. The van der Waals surface area contributed by atoms with E-state index in [1.54, 1.807) is 0 Å². The van der Waals surface area contributed by atoms with Crippen molar-refractivity contribution in [3.8, 4) is 0 Å². The van der Waals surface area contributed by atoms with Crippen molar-refractivity contribution in [3.63, 3.8) is 0 Å². The summed E-state index contributed by atoms with van der Waals surface area (Å²) in [5.41, 5.74) is 0. The Labute approximate surface area is 92.8 Å². The first-order valence-electron chi connectivity index (χ1n) is 5.76. The van der Waals surface area contributed by atoms with Gasteiger partial charge in [0.2, 0.25) is 0 Å². The predicted molar refractivity (Wildman–Crippen MR) is 62.5 cm³/mol. The van der Waals surface area contributed by atoms with E-state index < -0.39 is 0 Å². The molecular weight excluding hydrogens is 192 g/mol. The van der Waals surface area contributed by atoms with Crippen LogP contribution in [0.1, 0.15) is 46.0 Å². The summed E-state index contributed by atoms with van der Waals surface area (Å²) in [6.45, 7) is 5.61. The number of oxime groups is 1. The summed E-state index contributed by atoms with van der Waals surface area (Å²) in [6, 6.07) is 0. The second-order valence-electron chi connectivity index (χ2n) is 3.82. The number of unbranched alkanes of at least 4 members (excludes halogenated alkanes) is 2. The molecule has 0 radical (unpaired) electrons. The topological polar surface area (TPSA) is 56.8 Å². The summed E-state index contributed by atoms with van der Waals surface area (Å²) in [4.78, 5) is 9.64. The Kier molecular flexibility index (Phi) is 11.0. The first-order valence-corrected chi connectivity index (χ1v) is 5.76. The van der Waals surface area contributed by atoms with E-state index in [4.69, 9.17) is 10.7 Å². The van der Waals surface area contributed by atoms with E-state index in [0.717, 1.165) is 19.3 Å². The molecule has 0 aromatic heterocycles. The molecule has 0 aromatic carbocycles. The normalized spacial score (nSPS) is 13.3. The van der Waals surface area contributed by atoms with Gasteiger partial charge in [0.1, 0.15) is 6.61 Å². The smallest absolute Gasteiger partial charge is 0.117 e. The Morgan fingerprint density at radius 3 is 2.73 bits per heavy atom. The summed E-state index contributed by atoms with van der Waals surface area (Å²) < 4.78 is 0. The molecule has 0 saturated carbocycles. The van der Waals surface area contributed by atoms with Crippen molar-refractivity contribution in [3.05, 3.63) is 0 Å². The Balaban J connectivity index is 3.18. The SMILES string of the molecule is CCCC/C=N/OCCC(C)CCON. The predicted octanol–water partition coefficient (Wildman–Crippen LogP) is 2.49. The van der Waals surface area contributed by atoms with Crippen molar-refractivity contribution >= 4 is 6.21 Å². The zero-order valence-electron chi connectivity index (χ0n) is 9.95. The highest BCUT2D eigenvalue weighted by atomic mass is 16.6. The molecule has 4 heteroatoms. The summed E-state index contributed by atoms with van der Waals surface area (Å²) in [5, 5.41) is 3.88. The van der Waals surface area contributed by atoms with Gasteiger partial charge in [-0.3, -0.25) is 0 Å². The van der Waals surface area contributed by atoms with Crippen LogP contribution in [0.3, 0.4) is 0 Å². The fourth-order valence-electron chi connectivity index (χ4n) is 1.12. The number of nitrogens with zero attached hydrogens (tertiary/aromatic N) is 1. The summed E-state index contributed by atoms with van der Waals surface area (Å²) in [7, 11) is 0. The van der Waals surface area contributed by atoms with Crippen LogP contribution in [0, 0.1) is 5.92 Å². The first-order chi connectivity index (χ1) is 7.31. The number of rotatable bonds is 10. The van der Waals surface area contributed by atoms with Crippen LogP contribution in [0.4, 0.5) is 0 Å². The lowest BCUT2D eigenvalue weighted by atomic mass is 10.1. The molecule has 0 aliphatic rings. The van der Waals surface area contributed by atoms with Crippen LogP contribution >= 0.6 is 0 Å². The lowest BCUT2D eigenvalue weighted by molar-refractivity contribution is 0.104. The fraction of sp³-hybridized carbons (Fsp3) is 0.909. The molecule has 90 valence electrons. The van der Waals surface area contributed by atoms with Crippen LogP contribution in [-0.4, -0.2) is 19.4 Å². The maximum Gasteiger partial charge on any atom is 0.117 e. The van der Waals surface area contributed by atoms with Gasteiger partial charge in [-0.1, -0.05) is 25.4 Å². The van der Waals surface area contributed by atoms with Crippen molar-refractivity contribution in [2.75, 3.05) is 13.2 Å². The van der Waals surface area contributed by atoms with Gasteiger partial charge in [-0.05, 0) is 31.6 Å². The summed E-state index contributed by atoms with van der Waals surface area (Å²) in [6.07, 6.45) is 7.19. The number of hydrogen-bond donors (Lipinski definition) is 1. The molecule has 0 aliphatic carbocycles. The largest absolute Gasteiger partial charge is 0.396 e. The molecule has 0 spiro atoms. The molecule has 0 bridgehead atoms. The highest BCUT2D eigenvalue weighted by molar-refractivity contribution is 5.55. The Hall–Kier alpha value is -0.610. The van der Waals surface area contributed by atoms with Gasteiger partial charge >= 0.3 is 0 Å². The van der Waals surface area contributed by atoms with Gasteiger partial charge in [-0.2, -0.15) is 0 Å². The van der Waals surface area contributed by atoms with Crippen molar-refractivity contribution in [1.82, 2.24) is 0 Å². The fourth-order valence-corrected chi connectivity index (χ4v) is 1.12. The van der Waals surface area contributed by atoms with Gasteiger partial charge < -0.3 is 9.68 Å². The van der Waals surface area contributed by atoms with E-state index in [-0.39, 0.29) is 0 Å². The van der Waals surface area contributed by atoms with Gasteiger partial charge in [0.15, 0.2) is 0 Å². The molecule has 1 atom stereocenters. The minimum absolute atomic E-state index is 0.569. The molecule has 2 N–H and O–H groups in total. The minimum Gasteiger partial charge on any atom is -0.396 e. The Bertz CT molecular complexity index is 152. The zero-order valence-corrected chi connectivity index (χ0v) is 9.95. The highest BCUT2D eigenvalue weighted by Crippen LogP contribution is 2.06. The summed E-state index contributed by atoms with van der Waals surface area (Å²) in [5.74, 6) is 5.51. The first kappa shape index (κ1) is 14.4. The lowest BCUT2D eigenvalue weighted by Gasteiger charge is -2.08. The number of hydrogen-bond acceptors (Lipinski definition) is 4. The van der Waals surface area contributed by atoms with Crippen LogP contribution in [0.5, 0.6) is 0 Å². The molecule has 0 heterocycles. The van der Waals surface area contributed by atoms with E-state index in [1.165, 1.54) is 12.8 Å². The van der Waals surface area contributed by atoms with Crippen LogP contribution in [-0.2, 0) is 9.68 Å². The van der Waals surface area contributed by atoms with E-state index in [9.17, 15) is 0 Å². The molecule has 15 heavy (non-hydrogen) atoms. The molecule has 0 rings (SSSR count). The van der Waals surface area contributed by atoms with Crippen molar-refractivity contribution in [2.45, 2.75) is 46.0 Å². The van der Waals surface area contributed by atoms with Crippen LogP contribution in [0.15, 0.2) is 5.16 Å². The second-order valence-corrected chi connectivity index (χ2v) is 3.82. The van der Waals surface area contributed by atoms with E-state index in [0.29, 0.717) is 19.1 Å². The standard InChI is InChI=1S/C11H24N2O2/c1-3-4-5-8-13-15-10-7-11(2)6-9-14-12/h8,11H,3-7,9-10,12H2,1-2H3/b13-8+. The third kappa shape index (κ3) is 11.3. The Morgan fingerprint density at radius 1 is 1.33 bits per heavy atom. The van der Waals surface area contributed by atoms with Crippen molar-refractivity contribution in [1.29, 1.82) is 0 Å². The third-order valence-electron chi connectivity index (χ3n) is 2.27. The van der Waals surface area contributed by atoms with Crippen LogP contribution < -0.4 is 5.90 Å². The van der Waals surface area contributed by atoms with Crippen molar-refractivity contribution < 1.29 is 9.68 Å². The third-order valence-corrected chi connectivity index (χ3v) is 2.27.